The second kappa shape index (κ2) is 7.99. The number of nitrogens with one attached hydrogen (secondary N) is 1. The normalized spacial score (nSPS) is 12.6. The lowest BCUT2D eigenvalue weighted by Gasteiger charge is -2.14. The Morgan fingerprint density at radius 2 is 2.12 bits per heavy atom. The minimum Gasteiger partial charge on any atom is -0.375 e. The summed E-state index contributed by atoms with van der Waals surface area (Å²) >= 11 is 0. The molecule has 0 fully saturated rings. The van der Waals surface area contributed by atoms with Crippen molar-refractivity contribution < 1.29 is 18.3 Å². The molecule has 1 atom stereocenters. The lowest BCUT2D eigenvalue weighted by atomic mass is 10.1. The van der Waals surface area contributed by atoms with Crippen LogP contribution in [0.3, 0.4) is 0 Å². The molecule has 0 rings (SSSR count). The molecule has 0 aliphatic rings. The summed E-state index contributed by atoms with van der Waals surface area (Å²) in [5, 5.41) is 11.2. The second-order valence-corrected chi connectivity index (χ2v) is 3.63. The molecule has 0 saturated carbocycles. The first-order chi connectivity index (χ1) is 7.47. The van der Waals surface area contributed by atoms with E-state index in [0.29, 0.717) is 0 Å². The second-order valence-electron chi connectivity index (χ2n) is 3.63. The summed E-state index contributed by atoms with van der Waals surface area (Å²) in [4.78, 5) is 11.2. The van der Waals surface area contributed by atoms with Crippen LogP contribution in [0.1, 0.15) is 20.3 Å². The minimum absolute atomic E-state index is 0.0101. The molecule has 1 N–H and O–H groups in total. The van der Waals surface area contributed by atoms with E-state index in [0.717, 1.165) is 0 Å². The number of alkyl halides is 2. The van der Waals surface area contributed by atoms with Crippen LogP contribution in [0.2, 0.25) is 0 Å². The Morgan fingerprint density at radius 1 is 1.50 bits per heavy atom. The SMILES string of the molecule is CC(C)C(C#N)NC(=O)CCOCC(F)F. The maximum Gasteiger partial charge on any atom is 0.261 e. The summed E-state index contributed by atoms with van der Waals surface area (Å²) in [6.45, 7) is 2.88. The predicted octanol–water partition coefficient (Wildman–Crippen LogP) is 1.32. The largest absolute Gasteiger partial charge is 0.375 e. The first kappa shape index (κ1) is 14.8. The summed E-state index contributed by atoms with van der Waals surface area (Å²) in [7, 11) is 0. The van der Waals surface area contributed by atoms with Crippen molar-refractivity contribution in [1.29, 1.82) is 5.26 Å². The van der Waals surface area contributed by atoms with Crippen molar-refractivity contribution in [3.63, 3.8) is 0 Å². The van der Waals surface area contributed by atoms with Crippen molar-refractivity contribution in [3.8, 4) is 6.07 Å². The van der Waals surface area contributed by atoms with Gasteiger partial charge in [0.05, 0.1) is 12.7 Å². The zero-order valence-corrected chi connectivity index (χ0v) is 9.37. The van der Waals surface area contributed by atoms with Crippen molar-refractivity contribution in [2.24, 2.45) is 5.92 Å². The number of carbonyl (C=O) groups excluding carboxylic acids is 1. The van der Waals surface area contributed by atoms with Crippen LogP contribution in [0.4, 0.5) is 8.78 Å². The number of hydrogen-bond donors (Lipinski definition) is 1. The van der Waals surface area contributed by atoms with Crippen LogP contribution >= 0.6 is 0 Å². The molecular formula is C10H16F2N2O2. The van der Waals surface area contributed by atoms with Gasteiger partial charge in [0, 0.05) is 6.42 Å². The molecule has 4 nitrogen and oxygen atoms in total. The van der Waals surface area contributed by atoms with Gasteiger partial charge in [-0.3, -0.25) is 4.79 Å². The molecule has 0 radical (unpaired) electrons. The summed E-state index contributed by atoms with van der Waals surface area (Å²) < 4.78 is 27.9. The third kappa shape index (κ3) is 7.12. The van der Waals surface area contributed by atoms with Crippen molar-refractivity contribution >= 4 is 5.91 Å². The van der Waals surface area contributed by atoms with Gasteiger partial charge < -0.3 is 10.1 Å². The van der Waals surface area contributed by atoms with Crippen molar-refractivity contribution in [2.45, 2.75) is 32.7 Å². The van der Waals surface area contributed by atoms with Crippen molar-refractivity contribution in [2.75, 3.05) is 13.2 Å². The van der Waals surface area contributed by atoms with E-state index in [1.54, 1.807) is 0 Å². The molecule has 0 bridgehead atoms. The molecule has 1 amide bonds. The van der Waals surface area contributed by atoms with E-state index in [4.69, 9.17) is 5.26 Å². The molecule has 0 aliphatic carbocycles. The molecule has 0 aromatic carbocycles. The minimum atomic E-state index is -2.52. The topological polar surface area (TPSA) is 62.1 Å². The number of amides is 1. The van der Waals surface area contributed by atoms with Gasteiger partial charge in [0.1, 0.15) is 12.6 Å². The Labute approximate surface area is 93.6 Å². The van der Waals surface area contributed by atoms with E-state index >= 15 is 0 Å². The zero-order valence-electron chi connectivity index (χ0n) is 9.37. The molecular weight excluding hydrogens is 218 g/mol. The smallest absolute Gasteiger partial charge is 0.261 e. The molecule has 1 unspecified atom stereocenters. The average molecular weight is 234 g/mol. The number of halogens is 2. The highest BCUT2D eigenvalue weighted by molar-refractivity contribution is 5.76. The van der Waals surface area contributed by atoms with Crippen LogP contribution in [0.5, 0.6) is 0 Å². The van der Waals surface area contributed by atoms with Gasteiger partial charge in [-0.05, 0) is 5.92 Å². The molecule has 0 aliphatic heterocycles. The fourth-order valence-electron chi connectivity index (χ4n) is 0.931. The van der Waals surface area contributed by atoms with Crippen molar-refractivity contribution in [1.82, 2.24) is 5.32 Å². The van der Waals surface area contributed by atoms with Gasteiger partial charge in [-0.2, -0.15) is 5.26 Å². The Morgan fingerprint density at radius 3 is 2.56 bits per heavy atom. The molecule has 0 spiro atoms. The first-order valence-electron chi connectivity index (χ1n) is 5.02. The monoisotopic (exact) mass is 234 g/mol. The molecule has 0 aromatic heterocycles. The highest BCUT2D eigenvalue weighted by atomic mass is 19.3. The molecule has 6 heteroatoms. The van der Waals surface area contributed by atoms with Gasteiger partial charge in [-0.1, -0.05) is 13.8 Å². The zero-order chi connectivity index (χ0) is 12.6. The number of rotatable bonds is 7. The number of nitrogens with zero attached hydrogens (tertiary/aromatic N) is 1. The standard InChI is InChI=1S/C10H16F2N2O2/c1-7(2)8(5-13)14-10(15)3-4-16-6-9(11)12/h7-9H,3-4,6H2,1-2H3,(H,14,15). The van der Waals surface area contributed by atoms with E-state index in [-0.39, 0.29) is 24.9 Å². The van der Waals surface area contributed by atoms with Crippen LogP contribution in [-0.2, 0) is 9.53 Å². The Balaban J connectivity index is 3.70. The molecule has 16 heavy (non-hydrogen) atoms. The number of ether oxygens (including phenoxy) is 1. The lowest BCUT2D eigenvalue weighted by Crippen LogP contribution is -2.37. The van der Waals surface area contributed by atoms with Crippen LogP contribution < -0.4 is 5.32 Å². The highest BCUT2D eigenvalue weighted by Crippen LogP contribution is 2.00. The van der Waals surface area contributed by atoms with Crippen LogP contribution in [-0.4, -0.2) is 31.6 Å². The van der Waals surface area contributed by atoms with E-state index in [2.05, 4.69) is 10.1 Å². The summed E-state index contributed by atoms with van der Waals surface area (Å²) in [6, 6.07) is 1.40. The third-order valence-electron chi connectivity index (χ3n) is 1.84. The first-order valence-corrected chi connectivity index (χ1v) is 5.02. The lowest BCUT2D eigenvalue weighted by molar-refractivity contribution is -0.123. The summed E-state index contributed by atoms with van der Waals surface area (Å²) in [5.74, 6) is -0.356. The molecule has 92 valence electrons. The third-order valence-corrected chi connectivity index (χ3v) is 1.84. The Bertz CT molecular complexity index is 252. The number of carbonyl (C=O) groups is 1. The van der Waals surface area contributed by atoms with Gasteiger partial charge in [0.25, 0.3) is 6.43 Å². The van der Waals surface area contributed by atoms with Gasteiger partial charge in [0.15, 0.2) is 0 Å². The fraction of sp³-hybridized carbons (Fsp3) is 0.800. The van der Waals surface area contributed by atoms with E-state index in [1.807, 2.05) is 19.9 Å². The Kier molecular flexibility index (Phi) is 7.38. The van der Waals surface area contributed by atoms with Gasteiger partial charge in [-0.25, -0.2) is 8.78 Å². The number of hydrogen-bond acceptors (Lipinski definition) is 3. The number of nitriles is 1. The van der Waals surface area contributed by atoms with Crippen LogP contribution in [0.25, 0.3) is 0 Å². The van der Waals surface area contributed by atoms with Crippen LogP contribution in [0.15, 0.2) is 0 Å². The predicted molar refractivity (Wildman–Crippen MR) is 53.8 cm³/mol. The van der Waals surface area contributed by atoms with Gasteiger partial charge in [0.2, 0.25) is 5.91 Å². The van der Waals surface area contributed by atoms with E-state index < -0.39 is 19.1 Å². The van der Waals surface area contributed by atoms with E-state index in [1.165, 1.54) is 0 Å². The maximum atomic E-state index is 11.7. The Hall–Kier alpha value is -1.22. The highest BCUT2D eigenvalue weighted by Gasteiger charge is 2.14. The molecule has 0 heterocycles. The van der Waals surface area contributed by atoms with Crippen LogP contribution in [0, 0.1) is 17.2 Å². The summed E-state index contributed by atoms with van der Waals surface area (Å²) in [6.07, 6.45) is -2.54. The average Bonchev–Trinajstić information content (AvgIpc) is 2.20. The quantitative estimate of drug-likeness (QED) is 0.676. The van der Waals surface area contributed by atoms with Gasteiger partial charge in [-0.15, -0.1) is 0 Å². The summed E-state index contributed by atoms with van der Waals surface area (Å²) in [5.41, 5.74) is 0. The maximum absolute atomic E-state index is 11.7. The van der Waals surface area contributed by atoms with E-state index in [9.17, 15) is 13.6 Å². The van der Waals surface area contributed by atoms with Gasteiger partial charge >= 0.3 is 0 Å². The fourth-order valence-corrected chi connectivity index (χ4v) is 0.931. The molecule has 0 saturated heterocycles. The van der Waals surface area contributed by atoms with Crippen molar-refractivity contribution in [3.05, 3.63) is 0 Å². The molecule has 0 aromatic rings.